The van der Waals surface area contributed by atoms with E-state index in [0.717, 1.165) is 0 Å². The molecule has 0 radical (unpaired) electrons. The van der Waals surface area contributed by atoms with Gasteiger partial charge >= 0.3 is 5.97 Å². The largest absolute Gasteiger partial charge is 0.462 e. The Morgan fingerprint density at radius 1 is 0.784 bits per heavy atom. The van der Waals surface area contributed by atoms with Crippen LogP contribution in [0.15, 0.2) is 10.2 Å². The quantitative estimate of drug-likeness (QED) is 0.110. The van der Waals surface area contributed by atoms with E-state index in [2.05, 4.69) is 124 Å². The van der Waals surface area contributed by atoms with E-state index in [1.807, 2.05) is 17.1 Å². The van der Waals surface area contributed by atoms with Gasteiger partial charge in [-0.15, -0.1) is 0 Å². The molecule has 0 fully saturated rings. The minimum atomic E-state index is -2.17. The number of esters is 1. The zero-order valence-corrected chi connectivity index (χ0v) is 32.1. The highest BCUT2D eigenvalue weighted by Gasteiger charge is 2.45. The molecule has 0 unspecified atom stereocenters. The van der Waals surface area contributed by atoms with Crippen LogP contribution in [0, 0.1) is 0 Å². The van der Waals surface area contributed by atoms with Gasteiger partial charge < -0.3 is 18.0 Å². The molecule has 220 valence electrons. The summed E-state index contributed by atoms with van der Waals surface area (Å²) in [4.78, 5) is 13.2. The molecule has 0 saturated heterocycles. The first-order valence-electron chi connectivity index (χ1n) is 13.7. The average Bonchev–Trinajstić information content (AvgIpc) is 2.63. The molecule has 0 amide bonds. The van der Waals surface area contributed by atoms with Crippen molar-refractivity contribution in [1.29, 1.82) is 0 Å². The number of hydrogen-bond acceptors (Lipinski definition) is 5. The molecule has 0 rings (SSSR count). The lowest BCUT2D eigenvalue weighted by Gasteiger charge is -2.44. The van der Waals surface area contributed by atoms with E-state index < -0.39 is 31.1 Å². The molecule has 0 aliphatic heterocycles. The minimum absolute atomic E-state index is 0.0130. The third-order valence-corrected chi connectivity index (χ3v) is 22.5. The standard InChI is InChI=1S/C28H59IO5Si3/c1-22(18-20-31-35(11,12)26(2,3)4)32-25(30)21-24(34-37(15,16)28(8,9)10)23(17-19-29)33-36(13,14)27(5,6)7/h17,19,22-24H,18,20-21H2,1-16H3/b19-17+/t22-,23+,24+/m1/s1. The molecular formula is C28H59IO5Si3. The summed E-state index contributed by atoms with van der Waals surface area (Å²) in [7, 11) is -6.10. The highest BCUT2D eigenvalue weighted by molar-refractivity contribution is 14.1. The highest BCUT2D eigenvalue weighted by Crippen LogP contribution is 2.41. The Bertz CT molecular complexity index is 746. The lowest BCUT2D eigenvalue weighted by molar-refractivity contribution is -0.151. The van der Waals surface area contributed by atoms with Gasteiger partial charge in [0.2, 0.25) is 0 Å². The van der Waals surface area contributed by atoms with Crippen molar-refractivity contribution >= 4 is 53.5 Å². The van der Waals surface area contributed by atoms with Gasteiger partial charge in [0, 0.05) is 13.0 Å². The van der Waals surface area contributed by atoms with E-state index in [4.69, 9.17) is 18.0 Å². The molecule has 0 aliphatic carbocycles. The van der Waals surface area contributed by atoms with Crippen LogP contribution in [0.2, 0.25) is 54.4 Å². The maximum absolute atomic E-state index is 13.2. The smallest absolute Gasteiger partial charge is 0.308 e. The SMILES string of the molecule is C[C@H](CCO[Si](C)(C)C(C)(C)C)OC(=O)C[C@H](O[Si](C)(C)C(C)(C)C)[C@H](/C=C/I)O[Si](C)(C)C(C)(C)C. The third kappa shape index (κ3) is 12.3. The third-order valence-electron chi connectivity index (χ3n) is 8.61. The Morgan fingerprint density at radius 3 is 1.62 bits per heavy atom. The van der Waals surface area contributed by atoms with Crippen LogP contribution in [0.1, 0.15) is 82.1 Å². The Hall–Kier alpha value is 0.471. The van der Waals surface area contributed by atoms with E-state index in [9.17, 15) is 4.79 Å². The van der Waals surface area contributed by atoms with Gasteiger partial charge in [0.15, 0.2) is 25.0 Å². The molecule has 0 aromatic carbocycles. The van der Waals surface area contributed by atoms with Crippen LogP contribution in [0.4, 0.5) is 0 Å². The van der Waals surface area contributed by atoms with Crippen molar-refractivity contribution in [2.45, 2.75) is 155 Å². The summed E-state index contributed by atoms with van der Waals surface area (Å²) in [6, 6.07) is 0. The van der Waals surface area contributed by atoms with Gasteiger partial charge in [0.25, 0.3) is 0 Å². The predicted molar refractivity (Wildman–Crippen MR) is 175 cm³/mol. The Labute approximate surface area is 246 Å². The first-order valence-corrected chi connectivity index (χ1v) is 23.7. The maximum Gasteiger partial charge on any atom is 0.308 e. The van der Waals surface area contributed by atoms with E-state index in [-0.39, 0.29) is 39.7 Å². The van der Waals surface area contributed by atoms with Gasteiger partial charge in [-0.2, -0.15) is 0 Å². The van der Waals surface area contributed by atoms with E-state index >= 15 is 0 Å². The first kappa shape index (κ1) is 37.5. The van der Waals surface area contributed by atoms with E-state index in [0.29, 0.717) is 13.0 Å². The number of hydrogen-bond donors (Lipinski definition) is 0. The molecule has 9 heteroatoms. The fourth-order valence-electron chi connectivity index (χ4n) is 2.80. The second-order valence-corrected chi connectivity index (χ2v) is 30.0. The summed E-state index contributed by atoms with van der Waals surface area (Å²) >= 11 is 2.23. The lowest BCUT2D eigenvalue weighted by Crippen LogP contribution is -2.52. The van der Waals surface area contributed by atoms with Gasteiger partial charge in [-0.1, -0.05) is 84.9 Å². The normalized spacial score (nSPS) is 17.1. The topological polar surface area (TPSA) is 54.0 Å². The monoisotopic (exact) mass is 686 g/mol. The average molecular weight is 687 g/mol. The molecule has 0 saturated carbocycles. The van der Waals surface area contributed by atoms with Crippen LogP contribution in [-0.2, 0) is 22.8 Å². The van der Waals surface area contributed by atoms with Crippen LogP contribution in [0.25, 0.3) is 0 Å². The summed E-state index contributed by atoms with van der Waals surface area (Å²) in [5.41, 5.74) is 0. The van der Waals surface area contributed by atoms with Gasteiger partial charge in [0.05, 0.1) is 18.6 Å². The fourth-order valence-corrected chi connectivity index (χ4v) is 6.86. The summed E-state index contributed by atoms with van der Waals surface area (Å²) in [5.74, 6) is -0.241. The van der Waals surface area contributed by atoms with Crippen molar-refractivity contribution in [3.05, 3.63) is 10.2 Å². The molecular weight excluding hydrogens is 627 g/mol. The summed E-state index contributed by atoms with van der Waals surface area (Å²) in [6.45, 7) is 36.0. The number of rotatable bonds is 13. The van der Waals surface area contributed by atoms with E-state index in [1.54, 1.807) is 0 Å². The number of carbonyl (C=O) groups excluding carboxylic acids is 1. The van der Waals surface area contributed by atoms with Crippen LogP contribution in [0.3, 0.4) is 0 Å². The van der Waals surface area contributed by atoms with Crippen molar-refractivity contribution in [3.63, 3.8) is 0 Å². The molecule has 0 aromatic rings. The summed E-state index contributed by atoms with van der Waals surface area (Å²) in [5, 5.41) is 0.219. The van der Waals surface area contributed by atoms with Crippen molar-refractivity contribution < 1.29 is 22.8 Å². The molecule has 5 nitrogen and oxygen atoms in total. The number of carbonyl (C=O) groups is 1. The van der Waals surface area contributed by atoms with Crippen LogP contribution in [-0.4, -0.2) is 55.8 Å². The van der Waals surface area contributed by atoms with Crippen LogP contribution < -0.4 is 0 Å². The number of halogens is 1. The first-order chi connectivity index (χ1) is 16.3. The van der Waals surface area contributed by atoms with Crippen LogP contribution in [0.5, 0.6) is 0 Å². The molecule has 0 N–H and O–H groups in total. The summed E-state index contributed by atoms with van der Waals surface area (Å²) in [6.07, 6.45) is 1.97. The molecule has 0 spiro atoms. The molecule has 0 aliphatic rings. The van der Waals surface area contributed by atoms with Gasteiger partial charge in [-0.3, -0.25) is 4.79 Å². The fraction of sp³-hybridized carbons (Fsp3) is 0.893. The van der Waals surface area contributed by atoms with Crippen molar-refractivity contribution in [2.75, 3.05) is 6.61 Å². The molecule has 0 aromatic heterocycles. The minimum Gasteiger partial charge on any atom is -0.462 e. The Balaban J connectivity index is 5.68. The van der Waals surface area contributed by atoms with Crippen LogP contribution >= 0.6 is 22.6 Å². The van der Waals surface area contributed by atoms with Gasteiger partial charge in [-0.25, -0.2) is 0 Å². The van der Waals surface area contributed by atoms with E-state index in [1.165, 1.54) is 0 Å². The summed E-state index contributed by atoms with van der Waals surface area (Å²) < 4.78 is 27.8. The molecule has 0 bridgehead atoms. The van der Waals surface area contributed by atoms with Gasteiger partial charge in [0.1, 0.15) is 6.10 Å². The van der Waals surface area contributed by atoms with Crippen molar-refractivity contribution in [1.82, 2.24) is 0 Å². The second kappa shape index (κ2) is 13.9. The maximum atomic E-state index is 13.2. The van der Waals surface area contributed by atoms with Gasteiger partial charge in [-0.05, 0) is 71.5 Å². The Morgan fingerprint density at radius 2 is 1.22 bits per heavy atom. The zero-order chi connectivity index (χ0) is 29.7. The second-order valence-electron chi connectivity index (χ2n) is 15.0. The van der Waals surface area contributed by atoms with Crippen molar-refractivity contribution in [3.8, 4) is 0 Å². The van der Waals surface area contributed by atoms with Crippen molar-refractivity contribution in [2.24, 2.45) is 0 Å². The molecule has 0 heterocycles. The zero-order valence-electron chi connectivity index (χ0n) is 26.9. The molecule has 3 atom stereocenters. The Kier molecular flexibility index (Phi) is 14.1. The highest BCUT2D eigenvalue weighted by atomic mass is 127. The number of ether oxygens (including phenoxy) is 1. The molecule has 37 heavy (non-hydrogen) atoms. The predicted octanol–water partition coefficient (Wildman–Crippen LogP) is 9.45. The lowest BCUT2D eigenvalue weighted by atomic mass is 10.1.